The summed E-state index contributed by atoms with van der Waals surface area (Å²) >= 11 is 2.09. The molecule has 1 aliphatic heterocycles. The standard InChI is InChI=1S/C15H21NOS/c1-17-15-4-2-3-12-13(15)5-6-14(12)16-11-7-9-18-10-8-11/h2-4,11,14,16H,5-10H2,1H3. The van der Waals surface area contributed by atoms with E-state index in [1.165, 1.54) is 41.9 Å². The van der Waals surface area contributed by atoms with Crippen LogP contribution in [0, 0.1) is 0 Å². The Morgan fingerprint density at radius 1 is 1.22 bits per heavy atom. The van der Waals surface area contributed by atoms with E-state index >= 15 is 0 Å². The molecule has 1 atom stereocenters. The lowest BCUT2D eigenvalue weighted by Gasteiger charge is -2.26. The van der Waals surface area contributed by atoms with Gasteiger partial charge in [0.25, 0.3) is 0 Å². The molecule has 0 saturated carbocycles. The molecule has 1 heterocycles. The van der Waals surface area contributed by atoms with Crippen LogP contribution in [0.5, 0.6) is 5.75 Å². The molecular weight excluding hydrogens is 242 g/mol. The molecule has 2 aliphatic rings. The first kappa shape index (κ1) is 12.4. The molecule has 1 N–H and O–H groups in total. The van der Waals surface area contributed by atoms with E-state index in [0.29, 0.717) is 12.1 Å². The van der Waals surface area contributed by atoms with Crippen molar-refractivity contribution < 1.29 is 4.74 Å². The Morgan fingerprint density at radius 3 is 2.83 bits per heavy atom. The SMILES string of the molecule is COc1cccc2c1CCC2NC1CCSCC1. The Labute approximate surface area is 113 Å². The fourth-order valence-electron chi connectivity index (χ4n) is 3.13. The third-order valence-corrected chi connectivity index (χ3v) is 5.15. The Morgan fingerprint density at radius 2 is 2.06 bits per heavy atom. The summed E-state index contributed by atoms with van der Waals surface area (Å²) in [5, 5.41) is 3.86. The summed E-state index contributed by atoms with van der Waals surface area (Å²) in [6, 6.07) is 7.73. The number of nitrogens with one attached hydrogen (secondary N) is 1. The smallest absolute Gasteiger partial charge is 0.122 e. The van der Waals surface area contributed by atoms with E-state index in [1.54, 1.807) is 7.11 Å². The van der Waals surface area contributed by atoms with E-state index in [2.05, 4.69) is 35.3 Å². The Balaban J connectivity index is 1.73. The van der Waals surface area contributed by atoms with Crippen molar-refractivity contribution in [3.05, 3.63) is 29.3 Å². The fraction of sp³-hybridized carbons (Fsp3) is 0.600. The van der Waals surface area contributed by atoms with Gasteiger partial charge in [-0.3, -0.25) is 0 Å². The first-order valence-corrected chi connectivity index (χ1v) is 8.03. The second kappa shape index (κ2) is 5.54. The Bertz CT molecular complexity index is 415. The minimum atomic E-state index is 0.545. The molecule has 3 rings (SSSR count). The van der Waals surface area contributed by atoms with Gasteiger partial charge in [0.15, 0.2) is 0 Å². The summed E-state index contributed by atoms with van der Waals surface area (Å²) < 4.78 is 5.46. The normalized spacial score (nSPS) is 23.9. The molecule has 98 valence electrons. The minimum Gasteiger partial charge on any atom is -0.496 e. The summed E-state index contributed by atoms with van der Waals surface area (Å²) in [4.78, 5) is 0. The number of thioether (sulfide) groups is 1. The van der Waals surface area contributed by atoms with Gasteiger partial charge >= 0.3 is 0 Å². The van der Waals surface area contributed by atoms with Crippen LogP contribution in [0.4, 0.5) is 0 Å². The zero-order valence-corrected chi connectivity index (χ0v) is 11.8. The zero-order valence-electron chi connectivity index (χ0n) is 10.9. The highest BCUT2D eigenvalue weighted by atomic mass is 32.2. The van der Waals surface area contributed by atoms with Crippen LogP contribution < -0.4 is 10.1 Å². The summed E-state index contributed by atoms with van der Waals surface area (Å²) in [6.07, 6.45) is 5.01. The third-order valence-electron chi connectivity index (χ3n) is 4.11. The molecule has 1 aliphatic carbocycles. The molecule has 1 aromatic carbocycles. The maximum Gasteiger partial charge on any atom is 0.122 e. The van der Waals surface area contributed by atoms with E-state index in [4.69, 9.17) is 4.74 Å². The highest BCUT2D eigenvalue weighted by Gasteiger charge is 2.27. The van der Waals surface area contributed by atoms with Crippen molar-refractivity contribution in [1.29, 1.82) is 0 Å². The predicted octanol–water partition coefficient (Wildman–Crippen LogP) is 3.17. The molecule has 1 unspecified atom stereocenters. The maximum absolute atomic E-state index is 5.46. The lowest BCUT2D eigenvalue weighted by molar-refractivity contribution is 0.410. The molecule has 0 aromatic heterocycles. The van der Waals surface area contributed by atoms with Gasteiger partial charge in [0.1, 0.15) is 5.75 Å². The van der Waals surface area contributed by atoms with Gasteiger partial charge in [-0.15, -0.1) is 0 Å². The van der Waals surface area contributed by atoms with Gasteiger partial charge in [0.05, 0.1) is 7.11 Å². The molecule has 18 heavy (non-hydrogen) atoms. The van der Waals surface area contributed by atoms with E-state index in [9.17, 15) is 0 Å². The average molecular weight is 263 g/mol. The van der Waals surface area contributed by atoms with Crippen LogP contribution in [-0.2, 0) is 6.42 Å². The molecule has 1 fully saturated rings. The number of hydrogen-bond acceptors (Lipinski definition) is 3. The molecule has 0 spiro atoms. The topological polar surface area (TPSA) is 21.3 Å². The van der Waals surface area contributed by atoms with Crippen molar-refractivity contribution in [2.45, 2.75) is 37.8 Å². The van der Waals surface area contributed by atoms with Crippen LogP contribution in [0.15, 0.2) is 18.2 Å². The molecule has 2 nitrogen and oxygen atoms in total. The second-order valence-electron chi connectivity index (χ2n) is 5.17. The number of hydrogen-bond donors (Lipinski definition) is 1. The van der Waals surface area contributed by atoms with Gasteiger partial charge in [0, 0.05) is 12.1 Å². The minimum absolute atomic E-state index is 0.545. The maximum atomic E-state index is 5.46. The molecule has 1 aromatic rings. The zero-order chi connectivity index (χ0) is 12.4. The largest absolute Gasteiger partial charge is 0.496 e. The quantitative estimate of drug-likeness (QED) is 0.905. The third kappa shape index (κ3) is 2.39. The van der Waals surface area contributed by atoms with Crippen molar-refractivity contribution >= 4 is 11.8 Å². The van der Waals surface area contributed by atoms with Crippen molar-refractivity contribution in [3.8, 4) is 5.75 Å². The van der Waals surface area contributed by atoms with Crippen LogP contribution in [0.2, 0.25) is 0 Å². The van der Waals surface area contributed by atoms with Gasteiger partial charge in [0.2, 0.25) is 0 Å². The van der Waals surface area contributed by atoms with Crippen LogP contribution in [0.25, 0.3) is 0 Å². The number of benzene rings is 1. The molecule has 0 bridgehead atoms. The number of rotatable bonds is 3. The molecular formula is C15H21NOS. The molecule has 3 heteroatoms. The Hall–Kier alpha value is -0.670. The van der Waals surface area contributed by atoms with Gasteiger partial charge < -0.3 is 10.1 Å². The molecule has 0 radical (unpaired) electrons. The predicted molar refractivity (Wildman–Crippen MR) is 77.5 cm³/mol. The average Bonchev–Trinajstić information content (AvgIpc) is 2.83. The van der Waals surface area contributed by atoms with Crippen molar-refractivity contribution in [1.82, 2.24) is 5.32 Å². The van der Waals surface area contributed by atoms with Crippen molar-refractivity contribution in [2.75, 3.05) is 18.6 Å². The molecule has 0 amide bonds. The fourth-order valence-corrected chi connectivity index (χ4v) is 4.24. The number of ether oxygens (including phenoxy) is 1. The van der Waals surface area contributed by atoms with Crippen LogP contribution in [-0.4, -0.2) is 24.7 Å². The van der Waals surface area contributed by atoms with Crippen molar-refractivity contribution in [3.63, 3.8) is 0 Å². The van der Waals surface area contributed by atoms with Gasteiger partial charge in [-0.2, -0.15) is 11.8 Å². The lowest BCUT2D eigenvalue weighted by atomic mass is 10.0. The van der Waals surface area contributed by atoms with Gasteiger partial charge in [-0.05, 0) is 54.4 Å². The van der Waals surface area contributed by atoms with Crippen molar-refractivity contribution in [2.24, 2.45) is 0 Å². The summed E-state index contributed by atoms with van der Waals surface area (Å²) in [6.45, 7) is 0. The van der Waals surface area contributed by atoms with Gasteiger partial charge in [-0.1, -0.05) is 12.1 Å². The first-order valence-electron chi connectivity index (χ1n) is 6.88. The van der Waals surface area contributed by atoms with Gasteiger partial charge in [-0.25, -0.2) is 0 Å². The van der Waals surface area contributed by atoms with E-state index < -0.39 is 0 Å². The number of fused-ring (bicyclic) bond motifs is 1. The van der Waals surface area contributed by atoms with E-state index in [0.717, 1.165) is 12.2 Å². The van der Waals surface area contributed by atoms with Crippen LogP contribution in [0.1, 0.15) is 36.4 Å². The highest BCUT2D eigenvalue weighted by Crippen LogP contribution is 2.37. The summed E-state index contributed by atoms with van der Waals surface area (Å²) in [5.41, 5.74) is 2.88. The van der Waals surface area contributed by atoms with E-state index in [1.807, 2.05) is 0 Å². The van der Waals surface area contributed by atoms with Crippen LogP contribution in [0.3, 0.4) is 0 Å². The molecule has 1 saturated heterocycles. The lowest BCUT2D eigenvalue weighted by Crippen LogP contribution is -2.34. The summed E-state index contributed by atoms with van der Waals surface area (Å²) in [5.74, 6) is 3.70. The first-order chi connectivity index (χ1) is 8.88. The summed E-state index contributed by atoms with van der Waals surface area (Å²) in [7, 11) is 1.77. The Kier molecular flexibility index (Phi) is 3.80. The second-order valence-corrected chi connectivity index (χ2v) is 6.40. The monoisotopic (exact) mass is 263 g/mol. The number of methoxy groups -OCH3 is 1. The van der Waals surface area contributed by atoms with E-state index in [-0.39, 0.29) is 0 Å². The highest BCUT2D eigenvalue weighted by molar-refractivity contribution is 7.99. The van der Waals surface area contributed by atoms with Crippen LogP contribution >= 0.6 is 11.8 Å².